The summed E-state index contributed by atoms with van der Waals surface area (Å²) in [5, 5.41) is 19.9. The lowest BCUT2D eigenvalue weighted by Gasteiger charge is -2.24. The largest absolute Gasteiger partial charge is 0.480 e. The van der Waals surface area contributed by atoms with Gasteiger partial charge in [-0.1, -0.05) is 20.8 Å². The molecule has 1 atom stereocenters. The van der Waals surface area contributed by atoms with Gasteiger partial charge in [-0.2, -0.15) is 5.10 Å². The van der Waals surface area contributed by atoms with Crippen LogP contribution in [0.4, 0.5) is 11.5 Å². The number of fused-ring (bicyclic) bond motifs is 1. The Morgan fingerprint density at radius 2 is 2.04 bits per heavy atom. The van der Waals surface area contributed by atoms with Crippen LogP contribution in [0.2, 0.25) is 0 Å². The first-order valence-electron chi connectivity index (χ1n) is 7.40. The summed E-state index contributed by atoms with van der Waals surface area (Å²) in [6.07, 6.45) is 1.51. The van der Waals surface area contributed by atoms with E-state index in [4.69, 9.17) is 0 Å². The zero-order valence-electron chi connectivity index (χ0n) is 14.0. The van der Waals surface area contributed by atoms with E-state index in [-0.39, 0.29) is 5.41 Å². The van der Waals surface area contributed by atoms with E-state index in [1.165, 1.54) is 0 Å². The molecule has 2 aromatic rings. The number of hydrogen-bond acceptors (Lipinski definition) is 5. The molecule has 9 heteroatoms. The summed E-state index contributed by atoms with van der Waals surface area (Å²) in [5.41, 5.74) is 0.775. The molecular formula is C15H22N4O4S. The first-order valence-corrected chi connectivity index (χ1v) is 9.29. The summed E-state index contributed by atoms with van der Waals surface area (Å²) in [6, 6.07) is 4.11. The van der Waals surface area contributed by atoms with Gasteiger partial charge in [0, 0.05) is 5.39 Å². The van der Waals surface area contributed by atoms with Crippen LogP contribution in [-0.2, 0) is 14.8 Å². The van der Waals surface area contributed by atoms with Crippen LogP contribution in [0.15, 0.2) is 18.2 Å². The minimum absolute atomic E-state index is 0.154. The molecule has 0 saturated heterocycles. The van der Waals surface area contributed by atoms with Gasteiger partial charge in [0.25, 0.3) is 0 Å². The summed E-state index contributed by atoms with van der Waals surface area (Å²) >= 11 is 0. The monoisotopic (exact) mass is 354 g/mol. The first-order chi connectivity index (χ1) is 10.9. The number of hydrogen-bond donors (Lipinski definition) is 4. The third-order valence-corrected chi connectivity index (χ3v) is 3.90. The van der Waals surface area contributed by atoms with Crippen molar-refractivity contribution in [3.05, 3.63) is 18.2 Å². The fourth-order valence-electron chi connectivity index (χ4n) is 2.39. The van der Waals surface area contributed by atoms with E-state index >= 15 is 0 Å². The van der Waals surface area contributed by atoms with Gasteiger partial charge >= 0.3 is 5.97 Å². The molecule has 0 spiro atoms. The maximum absolute atomic E-state index is 11.5. The molecule has 0 bridgehead atoms. The molecule has 1 heterocycles. The molecule has 4 N–H and O–H groups in total. The molecular weight excluding hydrogens is 332 g/mol. The van der Waals surface area contributed by atoms with Crippen LogP contribution in [0.3, 0.4) is 0 Å². The minimum Gasteiger partial charge on any atom is -0.480 e. The van der Waals surface area contributed by atoms with E-state index in [2.05, 4.69) is 20.2 Å². The van der Waals surface area contributed by atoms with E-state index in [1.807, 2.05) is 20.8 Å². The maximum Gasteiger partial charge on any atom is 0.326 e. The first kappa shape index (κ1) is 18.1. The Labute approximate surface area is 140 Å². The number of carbonyl (C=O) groups is 1. The Balaban J connectivity index is 2.28. The van der Waals surface area contributed by atoms with Gasteiger partial charge in [-0.05, 0) is 30.0 Å². The maximum atomic E-state index is 11.5. The molecule has 0 saturated carbocycles. The molecule has 132 valence electrons. The zero-order chi connectivity index (χ0) is 18.1. The number of carboxylic acid groups (broad SMARTS) is 1. The summed E-state index contributed by atoms with van der Waals surface area (Å²) in [5.74, 6) is -0.449. The number of carboxylic acids is 1. The van der Waals surface area contributed by atoms with Gasteiger partial charge in [-0.3, -0.25) is 9.82 Å². The third kappa shape index (κ3) is 4.85. The van der Waals surface area contributed by atoms with Gasteiger partial charge in [0.05, 0.1) is 17.5 Å². The molecule has 0 aliphatic rings. The number of sulfonamides is 1. The number of nitrogens with one attached hydrogen (secondary N) is 3. The van der Waals surface area contributed by atoms with E-state index in [0.29, 0.717) is 28.8 Å². The molecule has 1 unspecified atom stereocenters. The molecule has 0 aliphatic carbocycles. The van der Waals surface area contributed by atoms with Crippen molar-refractivity contribution in [1.82, 2.24) is 10.2 Å². The van der Waals surface area contributed by atoms with Crippen molar-refractivity contribution in [2.45, 2.75) is 33.2 Å². The van der Waals surface area contributed by atoms with Crippen LogP contribution in [-0.4, -0.2) is 42.0 Å². The molecule has 0 amide bonds. The van der Waals surface area contributed by atoms with Crippen LogP contribution in [0.1, 0.15) is 27.2 Å². The summed E-state index contributed by atoms with van der Waals surface area (Å²) < 4.78 is 24.9. The Morgan fingerprint density at radius 1 is 1.38 bits per heavy atom. The van der Waals surface area contributed by atoms with Gasteiger partial charge in [0.15, 0.2) is 0 Å². The van der Waals surface area contributed by atoms with Crippen LogP contribution in [0.25, 0.3) is 10.9 Å². The fraction of sp³-hybridized carbons (Fsp3) is 0.467. The van der Waals surface area contributed by atoms with Gasteiger partial charge < -0.3 is 10.4 Å². The topological polar surface area (TPSA) is 124 Å². The average Bonchev–Trinajstić information content (AvgIpc) is 2.77. The zero-order valence-corrected chi connectivity index (χ0v) is 14.9. The summed E-state index contributed by atoms with van der Waals surface area (Å²) in [6.45, 7) is 5.91. The normalized spacial score (nSPS) is 13.7. The van der Waals surface area contributed by atoms with Gasteiger partial charge in [0.1, 0.15) is 11.9 Å². The average molecular weight is 354 g/mol. The van der Waals surface area contributed by atoms with Gasteiger partial charge in [-0.25, -0.2) is 13.2 Å². The Kier molecular flexibility index (Phi) is 4.75. The number of benzene rings is 1. The van der Waals surface area contributed by atoms with Crippen LogP contribution in [0, 0.1) is 5.41 Å². The Hall–Kier alpha value is -2.29. The Bertz CT molecular complexity index is 852. The second-order valence-corrected chi connectivity index (χ2v) is 8.75. The van der Waals surface area contributed by atoms with Crippen molar-refractivity contribution in [2.24, 2.45) is 5.41 Å². The molecule has 24 heavy (non-hydrogen) atoms. The van der Waals surface area contributed by atoms with Crippen LogP contribution >= 0.6 is 0 Å². The van der Waals surface area contributed by atoms with Gasteiger partial charge in [-0.15, -0.1) is 0 Å². The molecule has 0 aliphatic heterocycles. The summed E-state index contributed by atoms with van der Waals surface area (Å²) in [4.78, 5) is 11.5. The lowest BCUT2D eigenvalue weighted by Crippen LogP contribution is -2.33. The van der Waals surface area contributed by atoms with E-state index < -0.39 is 22.0 Å². The molecule has 0 fully saturated rings. The third-order valence-electron chi connectivity index (χ3n) is 3.29. The number of aliphatic carboxylic acids is 1. The van der Waals surface area contributed by atoms with Crippen LogP contribution < -0.4 is 10.0 Å². The van der Waals surface area contributed by atoms with E-state index in [0.717, 1.165) is 6.26 Å². The quantitative estimate of drug-likeness (QED) is 0.630. The molecule has 8 nitrogen and oxygen atoms in total. The minimum atomic E-state index is -3.37. The highest BCUT2D eigenvalue weighted by Crippen LogP contribution is 2.27. The molecule has 1 aromatic heterocycles. The van der Waals surface area contributed by atoms with Crippen molar-refractivity contribution < 1.29 is 18.3 Å². The van der Waals surface area contributed by atoms with Crippen molar-refractivity contribution in [1.29, 1.82) is 0 Å². The lowest BCUT2D eigenvalue weighted by atomic mass is 9.88. The number of nitrogens with zero attached hydrogens (tertiary/aromatic N) is 1. The molecule has 1 aromatic carbocycles. The highest BCUT2D eigenvalue weighted by Gasteiger charge is 2.25. The Morgan fingerprint density at radius 3 is 2.58 bits per heavy atom. The predicted molar refractivity (Wildman–Crippen MR) is 93.7 cm³/mol. The van der Waals surface area contributed by atoms with Crippen molar-refractivity contribution in [3.8, 4) is 0 Å². The van der Waals surface area contributed by atoms with E-state index in [1.54, 1.807) is 18.2 Å². The summed E-state index contributed by atoms with van der Waals surface area (Å²) in [7, 11) is -3.37. The van der Waals surface area contributed by atoms with Crippen molar-refractivity contribution in [2.75, 3.05) is 16.3 Å². The standard InChI is InChI=1S/C15H22N4O4S/c1-15(2,3)8-12(14(20)21)16-13-10-6-5-9(19-24(4,22)23)7-11(10)17-18-13/h5-7,12,19H,8H2,1-4H3,(H,20,21)(H2,16,17,18). The molecule has 2 rings (SSSR count). The SMILES string of the molecule is CC(C)(C)CC(Nc1[nH]nc2cc(NS(C)(=O)=O)ccc12)C(=O)O. The number of anilines is 2. The fourth-order valence-corrected chi connectivity index (χ4v) is 2.94. The predicted octanol–water partition coefficient (Wildman–Crippen LogP) is 2.24. The highest BCUT2D eigenvalue weighted by atomic mass is 32.2. The highest BCUT2D eigenvalue weighted by molar-refractivity contribution is 7.92. The number of aromatic nitrogens is 2. The second kappa shape index (κ2) is 6.31. The lowest BCUT2D eigenvalue weighted by molar-refractivity contribution is -0.138. The van der Waals surface area contributed by atoms with Gasteiger partial charge in [0.2, 0.25) is 10.0 Å². The number of H-pyrrole nitrogens is 1. The van der Waals surface area contributed by atoms with Crippen molar-refractivity contribution in [3.63, 3.8) is 0 Å². The number of aromatic amines is 1. The molecule has 0 radical (unpaired) electrons. The van der Waals surface area contributed by atoms with E-state index in [9.17, 15) is 18.3 Å². The number of rotatable bonds is 6. The smallest absolute Gasteiger partial charge is 0.326 e. The second-order valence-electron chi connectivity index (χ2n) is 7.00. The van der Waals surface area contributed by atoms with Crippen LogP contribution in [0.5, 0.6) is 0 Å². The van der Waals surface area contributed by atoms with Crippen molar-refractivity contribution >= 4 is 38.4 Å².